The number of carbonyl (C=O) groups excluding carboxylic acids is 2. The first-order valence-corrected chi connectivity index (χ1v) is 5.12. The van der Waals surface area contributed by atoms with Crippen molar-refractivity contribution in [2.24, 2.45) is 12.8 Å². The molecule has 0 amide bonds. The van der Waals surface area contributed by atoms with Crippen molar-refractivity contribution in [3.63, 3.8) is 0 Å². The van der Waals surface area contributed by atoms with Gasteiger partial charge >= 0.3 is 0 Å². The minimum Gasteiger partial charge on any atom is -0.395 e. The van der Waals surface area contributed by atoms with Crippen molar-refractivity contribution in [1.82, 2.24) is 4.57 Å². The van der Waals surface area contributed by atoms with E-state index in [0.29, 0.717) is 11.1 Å². The number of hydrogen-bond acceptors (Lipinski definition) is 4. The topological polar surface area (TPSA) is 82.2 Å². The Morgan fingerprint density at radius 2 is 1.71 bits per heavy atom. The first kappa shape index (κ1) is 11.3. The number of hydrogen-bond donors (Lipinski definition) is 1. The Labute approximate surface area is 97.5 Å². The van der Waals surface area contributed by atoms with Crippen LogP contribution in [0.25, 0.3) is 0 Å². The molecule has 2 rings (SSSR count). The highest BCUT2D eigenvalue weighted by Gasteiger charge is 2.29. The van der Waals surface area contributed by atoms with Crippen molar-refractivity contribution in [1.29, 1.82) is 0 Å². The Balaban J connectivity index is 2.98. The zero-order valence-corrected chi connectivity index (χ0v) is 9.83. The van der Waals surface area contributed by atoms with Gasteiger partial charge in [0, 0.05) is 18.7 Å². The van der Waals surface area contributed by atoms with Gasteiger partial charge in [0.2, 0.25) is 11.6 Å². The summed E-state index contributed by atoms with van der Waals surface area (Å²) in [5.74, 6) is -0.796. The second-order valence-electron chi connectivity index (χ2n) is 4.13. The van der Waals surface area contributed by atoms with Gasteiger partial charge in [0.05, 0.1) is 11.3 Å². The minimum atomic E-state index is -0.403. The maximum Gasteiger partial charge on any atom is 0.254 e. The van der Waals surface area contributed by atoms with Crippen LogP contribution in [0, 0.1) is 13.8 Å². The summed E-state index contributed by atoms with van der Waals surface area (Å²) in [5, 5.41) is 0. The lowest BCUT2D eigenvalue weighted by atomic mass is 9.91. The van der Waals surface area contributed by atoms with Gasteiger partial charge in [0.15, 0.2) is 0 Å². The van der Waals surface area contributed by atoms with Crippen molar-refractivity contribution in [3.05, 3.63) is 44.5 Å². The molecule has 1 aromatic heterocycles. The van der Waals surface area contributed by atoms with Crippen LogP contribution >= 0.6 is 0 Å². The van der Waals surface area contributed by atoms with Crippen LogP contribution in [0.3, 0.4) is 0 Å². The van der Waals surface area contributed by atoms with Crippen molar-refractivity contribution < 1.29 is 9.59 Å². The summed E-state index contributed by atoms with van der Waals surface area (Å²) in [4.78, 5) is 35.6. The van der Waals surface area contributed by atoms with Crippen LogP contribution in [0.15, 0.2) is 16.6 Å². The Kier molecular flexibility index (Phi) is 2.27. The van der Waals surface area contributed by atoms with Crippen molar-refractivity contribution in [2.45, 2.75) is 13.8 Å². The van der Waals surface area contributed by atoms with Crippen LogP contribution < -0.4 is 11.3 Å². The maximum absolute atomic E-state index is 11.9. The Morgan fingerprint density at radius 1 is 1.12 bits per heavy atom. The molecule has 0 bridgehead atoms. The number of rotatable bonds is 0. The van der Waals surface area contributed by atoms with Gasteiger partial charge in [0.25, 0.3) is 5.56 Å². The fraction of sp³-hybridized carbons (Fsp3) is 0.250. The van der Waals surface area contributed by atoms with Gasteiger partial charge in [0.1, 0.15) is 5.69 Å². The number of nitrogens with two attached hydrogens (primary N) is 1. The second-order valence-corrected chi connectivity index (χ2v) is 4.13. The van der Waals surface area contributed by atoms with Gasteiger partial charge in [-0.2, -0.15) is 0 Å². The molecule has 0 fully saturated rings. The van der Waals surface area contributed by atoms with Crippen molar-refractivity contribution >= 4 is 11.6 Å². The normalized spacial score (nSPS) is 14.6. The third-order valence-electron chi connectivity index (χ3n) is 3.14. The highest BCUT2D eigenvalue weighted by molar-refractivity contribution is 6.24. The maximum atomic E-state index is 11.9. The summed E-state index contributed by atoms with van der Waals surface area (Å²) < 4.78 is 1.21. The number of carbonyl (C=O) groups is 2. The molecular formula is C12H12N2O3. The molecule has 0 saturated heterocycles. The van der Waals surface area contributed by atoms with Crippen LogP contribution in [-0.2, 0) is 7.05 Å². The van der Waals surface area contributed by atoms with E-state index >= 15 is 0 Å². The molecule has 0 unspecified atom stereocenters. The van der Waals surface area contributed by atoms with Gasteiger partial charge in [-0.05, 0) is 19.4 Å². The fourth-order valence-electron chi connectivity index (χ4n) is 2.03. The van der Waals surface area contributed by atoms with Gasteiger partial charge in [-0.15, -0.1) is 0 Å². The van der Waals surface area contributed by atoms with Crippen LogP contribution in [0.1, 0.15) is 32.0 Å². The molecule has 1 aliphatic rings. The second kappa shape index (κ2) is 3.41. The summed E-state index contributed by atoms with van der Waals surface area (Å²) in [6.45, 7) is 3.28. The van der Waals surface area contributed by atoms with Gasteiger partial charge in [-0.25, -0.2) is 0 Å². The lowest BCUT2D eigenvalue weighted by Crippen LogP contribution is -2.33. The summed E-state index contributed by atoms with van der Waals surface area (Å²) >= 11 is 0. The van der Waals surface area contributed by atoms with E-state index in [1.807, 2.05) is 0 Å². The van der Waals surface area contributed by atoms with Crippen molar-refractivity contribution in [2.75, 3.05) is 0 Å². The smallest absolute Gasteiger partial charge is 0.254 e. The molecular weight excluding hydrogens is 220 g/mol. The van der Waals surface area contributed by atoms with Crippen LogP contribution in [0.2, 0.25) is 0 Å². The lowest BCUT2D eigenvalue weighted by molar-refractivity contribution is 0.0975. The highest BCUT2D eigenvalue weighted by atomic mass is 16.1. The number of pyridine rings is 1. The van der Waals surface area contributed by atoms with Gasteiger partial charge < -0.3 is 10.3 Å². The molecule has 0 radical (unpaired) electrons. The number of Topliss-reactive ketones (excluding diaryl/α,β-unsaturated/α-hetero) is 1. The van der Waals surface area contributed by atoms with Gasteiger partial charge in [-0.3, -0.25) is 14.4 Å². The Hall–Kier alpha value is -2.17. The lowest BCUT2D eigenvalue weighted by Gasteiger charge is -2.19. The molecule has 17 heavy (non-hydrogen) atoms. The molecule has 88 valence electrons. The predicted molar refractivity (Wildman–Crippen MR) is 62.1 cm³/mol. The first-order valence-electron chi connectivity index (χ1n) is 5.12. The van der Waals surface area contributed by atoms with Crippen LogP contribution in [-0.4, -0.2) is 16.1 Å². The predicted octanol–water partition coefficient (Wildman–Crippen LogP) is 0.224. The first-order chi connectivity index (χ1) is 7.86. The zero-order valence-electron chi connectivity index (χ0n) is 9.83. The molecule has 0 saturated carbocycles. The molecule has 1 heterocycles. The number of ketones is 2. The zero-order chi connectivity index (χ0) is 12.9. The Bertz CT molecular complexity index is 651. The number of nitrogens with zero attached hydrogens (tertiary/aromatic N) is 1. The van der Waals surface area contributed by atoms with E-state index in [2.05, 4.69) is 0 Å². The molecule has 5 nitrogen and oxygen atoms in total. The molecule has 1 aliphatic carbocycles. The number of fused-ring (bicyclic) bond motifs is 1. The fourth-order valence-corrected chi connectivity index (χ4v) is 2.03. The molecule has 0 atom stereocenters. The highest BCUT2D eigenvalue weighted by Crippen LogP contribution is 2.22. The number of allylic oxidation sites excluding steroid dienone is 2. The van der Waals surface area contributed by atoms with E-state index in [0.717, 1.165) is 6.08 Å². The molecule has 0 spiro atoms. The molecule has 1 aromatic rings. The summed E-state index contributed by atoms with van der Waals surface area (Å²) in [6.07, 6.45) is 1.07. The SMILES string of the molecule is Cc1c2c(n(C)c(=O)c1C)C(=O)C=C(N)C2=O. The van der Waals surface area contributed by atoms with E-state index in [1.54, 1.807) is 13.8 Å². The van der Waals surface area contributed by atoms with Crippen LogP contribution in [0.5, 0.6) is 0 Å². The van der Waals surface area contributed by atoms with E-state index in [4.69, 9.17) is 5.73 Å². The quantitative estimate of drug-likeness (QED) is 0.693. The van der Waals surface area contributed by atoms with E-state index in [9.17, 15) is 14.4 Å². The third-order valence-corrected chi connectivity index (χ3v) is 3.14. The monoisotopic (exact) mass is 232 g/mol. The average Bonchev–Trinajstić information content (AvgIpc) is 2.28. The molecule has 0 aliphatic heterocycles. The van der Waals surface area contributed by atoms with E-state index in [-0.39, 0.29) is 22.5 Å². The third kappa shape index (κ3) is 1.35. The van der Waals surface area contributed by atoms with Gasteiger partial charge in [-0.1, -0.05) is 0 Å². The summed E-state index contributed by atoms with van der Waals surface area (Å²) in [5.41, 5.74) is 6.50. The van der Waals surface area contributed by atoms with Crippen LogP contribution in [0.4, 0.5) is 0 Å². The molecule has 0 aromatic carbocycles. The summed E-state index contributed by atoms with van der Waals surface area (Å²) in [6, 6.07) is 0. The molecule has 5 heteroatoms. The number of aromatic nitrogens is 1. The van der Waals surface area contributed by atoms with E-state index in [1.165, 1.54) is 11.6 Å². The minimum absolute atomic E-state index is 0.0800. The van der Waals surface area contributed by atoms with Crippen molar-refractivity contribution in [3.8, 4) is 0 Å². The average molecular weight is 232 g/mol. The standard InChI is InChI=1S/C12H12N2O3/c1-5-6(2)12(17)14(3)10-8(15)4-7(13)11(16)9(5)10/h4H,13H2,1-3H3. The largest absolute Gasteiger partial charge is 0.395 e. The summed E-state index contributed by atoms with van der Waals surface area (Å²) in [7, 11) is 1.48. The van der Waals surface area contributed by atoms with E-state index < -0.39 is 11.6 Å². The molecule has 2 N–H and O–H groups in total. The Morgan fingerprint density at radius 3 is 2.29 bits per heavy atom.